The van der Waals surface area contributed by atoms with Crippen molar-refractivity contribution in [3.05, 3.63) is 282 Å². The van der Waals surface area contributed by atoms with Gasteiger partial charge in [0.05, 0.1) is 17.1 Å². The van der Waals surface area contributed by atoms with Crippen molar-refractivity contribution in [1.82, 2.24) is 15.0 Å². The van der Waals surface area contributed by atoms with Crippen LogP contribution in [-0.4, -0.2) is 15.0 Å². The third kappa shape index (κ3) is 11.8. The van der Waals surface area contributed by atoms with Gasteiger partial charge in [-0.15, -0.1) is 0 Å². The average molecular weight is 1090 g/mol. The summed E-state index contributed by atoms with van der Waals surface area (Å²) in [4.78, 5) is 14.5. The van der Waals surface area contributed by atoms with E-state index in [0.717, 1.165) is 53.0 Å². The Labute approximate surface area is 499 Å². The Balaban J connectivity index is 1.05. The van der Waals surface area contributed by atoms with Crippen LogP contribution in [0.3, 0.4) is 0 Å². The Bertz CT molecular complexity index is 3890. The minimum atomic E-state index is -0.0715. The first-order chi connectivity index (χ1) is 40.5. The number of nitrogens with zero attached hydrogens (tertiary/aromatic N) is 3. The van der Waals surface area contributed by atoms with Crippen LogP contribution in [0.25, 0.3) is 89.4 Å². The van der Waals surface area contributed by atoms with E-state index >= 15 is 0 Å². The van der Waals surface area contributed by atoms with Gasteiger partial charge in [0.2, 0.25) is 0 Å². The minimum Gasteiger partial charge on any atom is -0.256 e. The average Bonchev–Trinajstić information content (AvgIpc) is 3.34. The van der Waals surface area contributed by atoms with Gasteiger partial charge >= 0.3 is 0 Å². The molecule has 1 aliphatic carbocycles. The molecule has 0 aliphatic heterocycles. The van der Waals surface area contributed by atoms with Crippen LogP contribution in [0.5, 0.6) is 0 Å². The van der Waals surface area contributed by atoms with Gasteiger partial charge in [0, 0.05) is 35.3 Å². The first-order valence-electron chi connectivity index (χ1n) is 30.2. The second-order valence-electron chi connectivity index (χ2n) is 26.4. The van der Waals surface area contributed by atoms with Gasteiger partial charge in [0.25, 0.3) is 0 Å². The Hall–Kier alpha value is -8.79. The lowest BCUT2D eigenvalue weighted by Crippen LogP contribution is -2.22. The highest BCUT2D eigenvalue weighted by molar-refractivity contribution is 5.90. The molecule has 12 rings (SSSR count). The van der Waals surface area contributed by atoms with E-state index in [9.17, 15) is 0 Å². The molecule has 1 fully saturated rings. The van der Waals surface area contributed by atoms with E-state index in [4.69, 9.17) is 15.0 Å². The lowest BCUT2D eigenvalue weighted by molar-refractivity contribution is 0.352. The molecule has 2 atom stereocenters. The topological polar surface area (TPSA) is 38.7 Å². The zero-order valence-electron chi connectivity index (χ0n) is 50.4. The summed E-state index contributed by atoms with van der Waals surface area (Å²) in [6, 6.07) is 86.3. The second-order valence-corrected chi connectivity index (χ2v) is 26.4. The molecule has 0 N–H and O–H groups in total. The predicted molar refractivity (Wildman–Crippen MR) is 354 cm³/mol. The molecule has 84 heavy (non-hydrogen) atoms. The molecule has 8 aromatic carbocycles. The van der Waals surface area contributed by atoms with Crippen LogP contribution in [0.15, 0.2) is 249 Å². The molecule has 0 bridgehead atoms. The van der Waals surface area contributed by atoms with Gasteiger partial charge in [-0.05, 0) is 191 Å². The largest absolute Gasteiger partial charge is 0.256 e. The molecule has 3 heterocycles. The predicted octanol–water partition coefficient (Wildman–Crippen LogP) is 21.9. The Morgan fingerprint density at radius 1 is 0.250 bits per heavy atom. The lowest BCUT2D eigenvalue weighted by atomic mass is 9.65. The molecular weight excluding hydrogens is 1010 g/mol. The van der Waals surface area contributed by atoms with Gasteiger partial charge in [-0.1, -0.05) is 244 Å². The van der Waals surface area contributed by atoms with Crippen molar-refractivity contribution in [2.24, 2.45) is 0 Å². The van der Waals surface area contributed by atoms with Crippen molar-refractivity contribution in [3.8, 4) is 89.4 Å². The molecular formula is C81H77N3. The molecule has 3 heteroatoms. The van der Waals surface area contributed by atoms with Gasteiger partial charge in [-0.2, -0.15) is 0 Å². The number of hydrogen-bond acceptors (Lipinski definition) is 3. The standard InChI is InChI=1S/C81H77N3/c1-79(2,3)63-36-40-68(74(51-63)70-38-34-58(76-28-18-20-43-82-76)49-72(70)54-22-12-10-13-23-54)61-46-60(67-27-17-16-26-66(67)56-30-32-57(33-31-56)78-53-65(42-45-84-78)81(7,8)9)47-62(48-61)69-41-37-64(80(4,5)6)52-75(69)71-39-35-59(77-29-19-21-44-83-77)50-73(71)55-24-14-11-15-25-55/h10-45,49-53,60-62H,46-48H2,1-9H3. The summed E-state index contributed by atoms with van der Waals surface area (Å²) >= 11 is 0. The number of benzene rings is 8. The third-order valence-corrected chi connectivity index (χ3v) is 17.7. The molecule has 11 aromatic rings. The number of aromatic nitrogens is 3. The van der Waals surface area contributed by atoms with Gasteiger partial charge in [0.15, 0.2) is 0 Å². The maximum atomic E-state index is 4.86. The maximum Gasteiger partial charge on any atom is 0.0704 e. The van der Waals surface area contributed by atoms with E-state index in [1.807, 2.05) is 30.7 Å². The monoisotopic (exact) mass is 1090 g/mol. The van der Waals surface area contributed by atoms with Crippen LogP contribution in [0.1, 0.15) is 133 Å². The first kappa shape index (κ1) is 55.7. The van der Waals surface area contributed by atoms with Crippen LogP contribution in [-0.2, 0) is 16.2 Å². The van der Waals surface area contributed by atoms with E-state index < -0.39 is 0 Å². The normalized spacial score (nSPS) is 15.7. The molecule has 1 saturated carbocycles. The van der Waals surface area contributed by atoms with Gasteiger partial charge in [0.1, 0.15) is 0 Å². The summed E-state index contributed by atoms with van der Waals surface area (Å²) in [7, 11) is 0. The highest BCUT2D eigenvalue weighted by Crippen LogP contribution is 2.54. The number of pyridine rings is 3. The van der Waals surface area contributed by atoms with Crippen LogP contribution < -0.4 is 0 Å². The highest BCUT2D eigenvalue weighted by atomic mass is 14.7. The highest BCUT2D eigenvalue weighted by Gasteiger charge is 2.36. The fraction of sp³-hybridized carbons (Fsp3) is 0.222. The van der Waals surface area contributed by atoms with E-state index in [0.29, 0.717) is 0 Å². The summed E-state index contributed by atoms with van der Waals surface area (Å²) in [6.45, 7) is 20.9. The second kappa shape index (κ2) is 23.1. The summed E-state index contributed by atoms with van der Waals surface area (Å²) in [5, 5.41) is 0. The molecule has 0 radical (unpaired) electrons. The third-order valence-electron chi connectivity index (χ3n) is 17.7. The van der Waals surface area contributed by atoms with Crippen LogP contribution in [0, 0.1) is 0 Å². The van der Waals surface area contributed by atoms with Crippen LogP contribution in [0.4, 0.5) is 0 Å². The molecule has 1 aliphatic rings. The van der Waals surface area contributed by atoms with E-state index in [2.05, 4.69) is 281 Å². The van der Waals surface area contributed by atoms with Crippen molar-refractivity contribution in [1.29, 1.82) is 0 Å². The molecule has 3 nitrogen and oxygen atoms in total. The minimum absolute atomic E-state index is 0.0286. The van der Waals surface area contributed by atoms with Crippen molar-refractivity contribution < 1.29 is 0 Å². The Morgan fingerprint density at radius 3 is 1.08 bits per heavy atom. The molecule has 3 aromatic heterocycles. The molecule has 0 spiro atoms. The number of hydrogen-bond donors (Lipinski definition) is 0. The van der Waals surface area contributed by atoms with Crippen LogP contribution in [0.2, 0.25) is 0 Å². The molecule has 0 amide bonds. The van der Waals surface area contributed by atoms with E-state index in [-0.39, 0.29) is 34.0 Å². The van der Waals surface area contributed by atoms with Crippen LogP contribution >= 0.6 is 0 Å². The SMILES string of the molecule is CC(C)(C)c1ccnc(-c2ccc(-c3ccccc3C3CC(c4ccc(C(C)(C)C)cc4-c4ccc(-c5ccccn5)cc4-c4ccccc4)CC(c4ccc(C(C)(C)C)cc4-c4ccc(-c5ccccn5)cc4-c4ccccc4)C3)cc2)c1. The summed E-state index contributed by atoms with van der Waals surface area (Å²) in [5.41, 5.74) is 26.8. The fourth-order valence-electron chi connectivity index (χ4n) is 13.0. The van der Waals surface area contributed by atoms with Crippen molar-refractivity contribution in [2.75, 3.05) is 0 Å². The quantitative estimate of drug-likeness (QED) is 0.130. The number of rotatable bonds is 11. The summed E-state index contributed by atoms with van der Waals surface area (Å²) < 4.78 is 0. The fourth-order valence-corrected chi connectivity index (χ4v) is 13.0. The zero-order chi connectivity index (χ0) is 58.2. The van der Waals surface area contributed by atoms with Crippen molar-refractivity contribution >= 4 is 0 Å². The molecule has 2 unspecified atom stereocenters. The first-order valence-corrected chi connectivity index (χ1v) is 30.2. The molecule has 0 saturated heterocycles. The van der Waals surface area contributed by atoms with E-state index in [1.54, 1.807) is 0 Å². The van der Waals surface area contributed by atoms with Gasteiger partial charge < -0.3 is 0 Å². The Morgan fingerprint density at radius 2 is 0.631 bits per heavy atom. The van der Waals surface area contributed by atoms with Gasteiger partial charge in [-0.25, -0.2) is 0 Å². The summed E-state index contributed by atoms with van der Waals surface area (Å²) in [6.07, 6.45) is 8.76. The van der Waals surface area contributed by atoms with Gasteiger partial charge in [-0.3, -0.25) is 15.0 Å². The van der Waals surface area contributed by atoms with E-state index in [1.165, 1.54) is 89.0 Å². The zero-order valence-corrected chi connectivity index (χ0v) is 50.4. The smallest absolute Gasteiger partial charge is 0.0704 e. The summed E-state index contributed by atoms with van der Waals surface area (Å²) in [5.74, 6) is 0.660. The van der Waals surface area contributed by atoms with Crippen molar-refractivity contribution in [3.63, 3.8) is 0 Å². The lowest BCUT2D eigenvalue weighted by Gasteiger charge is -2.39. The van der Waals surface area contributed by atoms with Crippen molar-refractivity contribution in [2.45, 2.75) is 116 Å². The maximum absolute atomic E-state index is 4.86. The molecule has 416 valence electrons. The Kier molecular flexibility index (Phi) is 15.3.